The second-order valence-corrected chi connectivity index (χ2v) is 3.90. The molecule has 0 unspecified atom stereocenters. The number of hydrogen-bond acceptors (Lipinski definition) is 6. The van der Waals surface area contributed by atoms with Crippen LogP contribution in [0.2, 0.25) is 5.28 Å². The zero-order valence-corrected chi connectivity index (χ0v) is 11.1. The lowest BCUT2D eigenvalue weighted by molar-refractivity contribution is -0.742. The van der Waals surface area contributed by atoms with E-state index in [1.165, 1.54) is 18.7 Å². The van der Waals surface area contributed by atoms with Crippen molar-refractivity contribution < 1.29 is 15.4 Å². The highest BCUT2D eigenvalue weighted by Gasteiger charge is 2.16. The van der Waals surface area contributed by atoms with E-state index in [-0.39, 0.29) is 16.4 Å². The average molecular weight is 308 g/mol. The maximum absolute atomic E-state index is 11.8. The van der Waals surface area contributed by atoms with Crippen LogP contribution in [0.15, 0.2) is 9.59 Å². The molecule has 0 saturated heterocycles. The van der Waals surface area contributed by atoms with Crippen molar-refractivity contribution in [1.29, 1.82) is 0 Å². The summed E-state index contributed by atoms with van der Waals surface area (Å²) in [6, 6.07) is 0. The van der Waals surface area contributed by atoms with Crippen molar-refractivity contribution in [3.8, 4) is 0 Å². The molecule has 20 heavy (non-hydrogen) atoms. The van der Waals surface area contributed by atoms with Crippen molar-refractivity contribution in [2.45, 2.75) is 6.73 Å². The molecule has 0 atom stereocenters. The third kappa shape index (κ3) is 2.62. The Morgan fingerprint density at radius 3 is 2.30 bits per heavy atom. The predicted molar refractivity (Wildman–Crippen MR) is 66.2 cm³/mol. The first-order chi connectivity index (χ1) is 9.22. The van der Waals surface area contributed by atoms with Gasteiger partial charge in [0.15, 0.2) is 11.2 Å². The van der Waals surface area contributed by atoms with Crippen molar-refractivity contribution in [3.05, 3.63) is 36.2 Å². The molecule has 0 aliphatic heterocycles. The summed E-state index contributed by atoms with van der Waals surface area (Å²) in [5, 5.41) is 22.7. The van der Waals surface area contributed by atoms with E-state index in [2.05, 4.69) is 4.98 Å². The second kappa shape index (κ2) is 5.71. The standard InChI is InChI=1S/C8H9ClN4O3.HNO3/c1-11-5-4(6(15)12(2)8(11)16)13(3-14)7(9)10-5;2-1(3)4/h14H,3H2,1-2H3;(H,2,3,4). The quantitative estimate of drug-likeness (QED) is 0.378. The van der Waals surface area contributed by atoms with E-state index < -0.39 is 23.1 Å². The smallest absolute Gasteiger partial charge is 0.332 e. The predicted octanol–water partition coefficient (Wildman–Crippen LogP) is -1.31. The van der Waals surface area contributed by atoms with Crippen LogP contribution in [0, 0.1) is 10.1 Å². The Kier molecular flexibility index (Phi) is 4.47. The Morgan fingerprint density at radius 2 is 1.85 bits per heavy atom. The van der Waals surface area contributed by atoms with Crippen LogP contribution in [0.1, 0.15) is 0 Å². The van der Waals surface area contributed by atoms with Crippen molar-refractivity contribution in [1.82, 2.24) is 18.7 Å². The number of aromatic nitrogens is 4. The number of aliphatic hydroxyl groups is 1. The highest BCUT2D eigenvalue weighted by atomic mass is 35.5. The first-order valence-corrected chi connectivity index (χ1v) is 5.36. The van der Waals surface area contributed by atoms with Gasteiger partial charge in [0, 0.05) is 14.1 Å². The van der Waals surface area contributed by atoms with Crippen LogP contribution in [0.3, 0.4) is 0 Å². The van der Waals surface area contributed by atoms with Gasteiger partial charge in [0.05, 0.1) is 0 Å². The lowest BCUT2D eigenvalue weighted by Gasteiger charge is -2.03. The number of rotatable bonds is 1. The van der Waals surface area contributed by atoms with E-state index in [1.807, 2.05) is 0 Å². The third-order valence-corrected chi connectivity index (χ3v) is 2.73. The van der Waals surface area contributed by atoms with Crippen LogP contribution < -0.4 is 11.2 Å². The molecule has 0 bridgehead atoms. The molecule has 2 N–H and O–H groups in total. The van der Waals surface area contributed by atoms with Gasteiger partial charge in [-0.15, -0.1) is 10.1 Å². The Morgan fingerprint density at radius 1 is 1.35 bits per heavy atom. The first-order valence-electron chi connectivity index (χ1n) is 4.98. The highest BCUT2D eigenvalue weighted by Crippen LogP contribution is 2.14. The van der Waals surface area contributed by atoms with E-state index in [0.29, 0.717) is 0 Å². The van der Waals surface area contributed by atoms with E-state index in [9.17, 15) is 9.59 Å². The second-order valence-electron chi connectivity index (χ2n) is 3.57. The minimum atomic E-state index is -1.50. The lowest BCUT2D eigenvalue weighted by atomic mass is 10.5. The first kappa shape index (κ1) is 15.7. The minimum Gasteiger partial charge on any atom is -0.376 e. The fraction of sp³-hybridized carbons (Fsp3) is 0.375. The van der Waals surface area contributed by atoms with Crippen molar-refractivity contribution in [2.24, 2.45) is 14.1 Å². The average Bonchev–Trinajstić information content (AvgIpc) is 2.70. The maximum Gasteiger partial charge on any atom is 0.332 e. The van der Waals surface area contributed by atoms with Crippen molar-refractivity contribution in [3.63, 3.8) is 0 Å². The summed E-state index contributed by atoms with van der Waals surface area (Å²) in [7, 11) is 2.84. The van der Waals surface area contributed by atoms with Crippen molar-refractivity contribution >= 4 is 22.8 Å². The zero-order valence-electron chi connectivity index (χ0n) is 10.3. The summed E-state index contributed by atoms with van der Waals surface area (Å²) < 4.78 is 3.28. The van der Waals surface area contributed by atoms with Gasteiger partial charge in [-0.1, -0.05) is 0 Å². The molecule has 0 aromatic carbocycles. The van der Waals surface area contributed by atoms with Gasteiger partial charge in [-0.25, -0.2) is 4.79 Å². The van der Waals surface area contributed by atoms with Crippen LogP contribution in [-0.4, -0.2) is 34.1 Å². The topological polar surface area (TPSA) is 145 Å². The molecular weight excluding hydrogens is 298 g/mol. The molecule has 110 valence electrons. The van der Waals surface area contributed by atoms with E-state index in [1.54, 1.807) is 0 Å². The summed E-state index contributed by atoms with van der Waals surface area (Å²) in [4.78, 5) is 35.6. The molecule has 0 spiro atoms. The Balaban J connectivity index is 0.000000444. The van der Waals surface area contributed by atoms with Gasteiger partial charge < -0.3 is 10.3 Å². The van der Waals surface area contributed by atoms with Gasteiger partial charge >= 0.3 is 5.69 Å². The van der Waals surface area contributed by atoms with Crippen LogP contribution in [0.5, 0.6) is 0 Å². The molecule has 0 saturated carbocycles. The third-order valence-electron chi connectivity index (χ3n) is 2.44. The van der Waals surface area contributed by atoms with Gasteiger partial charge in [-0.05, 0) is 11.6 Å². The molecule has 12 heteroatoms. The van der Waals surface area contributed by atoms with Gasteiger partial charge in [-0.3, -0.25) is 18.5 Å². The fourth-order valence-electron chi connectivity index (χ4n) is 1.55. The number of imidazole rings is 1. The van der Waals surface area contributed by atoms with Crippen LogP contribution in [-0.2, 0) is 20.8 Å². The van der Waals surface area contributed by atoms with Crippen molar-refractivity contribution in [2.75, 3.05) is 0 Å². The van der Waals surface area contributed by atoms with E-state index in [0.717, 1.165) is 9.13 Å². The summed E-state index contributed by atoms with van der Waals surface area (Å²) in [6.07, 6.45) is 0. The molecule has 0 aliphatic rings. The molecule has 2 aromatic heterocycles. The zero-order chi connectivity index (χ0) is 15.6. The normalized spacial score (nSPS) is 10.2. The van der Waals surface area contributed by atoms with Crippen LogP contribution in [0.25, 0.3) is 11.2 Å². The molecule has 0 fully saturated rings. The molecule has 0 amide bonds. The van der Waals surface area contributed by atoms with E-state index >= 15 is 0 Å². The van der Waals surface area contributed by atoms with Gasteiger partial charge in [-0.2, -0.15) is 4.98 Å². The largest absolute Gasteiger partial charge is 0.376 e. The SMILES string of the molecule is Cn1c(=O)c2c(nc(Cl)n2CO)n(C)c1=O.O=[N+]([O-])O. The molecular formula is C8H10ClN5O6. The Hall–Kier alpha value is -2.40. The molecule has 0 aliphatic carbocycles. The minimum absolute atomic E-state index is 0.0317. The summed E-state index contributed by atoms with van der Waals surface area (Å²) in [5.41, 5.74) is -0.757. The number of nitrogens with zero attached hydrogens (tertiary/aromatic N) is 5. The summed E-state index contributed by atoms with van der Waals surface area (Å²) in [6.45, 7) is -0.469. The highest BCUT2D eigenvalue weighted by molar-refractivity contribution is 6.29. The van der Waals surface area contributed by atoms with Gasteiger partial charge in [0.25, 0.3) is 10.6 Å². The van der Waals surface area contributed by atoms with Gasteiger partial charge in [0.1, 0.15) is 6.73 Å². The summed E-state index contributed by atoms with van der Waals surface area (Å²) in [5.74, 6) is 0. The fourth-order valence-corrected chi connectivity index (χ4v) is 1.77. The molecule has 2 heterocycles. The number of fused-ring (bicyclic) bond motifs is 1. The lowest BCUT2D eigenvalue weighted by Crippen LogP contribution is -2.37. The number of halogens is 1. The molecule has 2 aromatic rings. The molecule has 2 rings (SSSR count). The van der Waals surface area contributed by atoms with Crippen LogP contribution in [0.4, 0.5) is 0 Å². The molecule has 11 nitrogen and oxygen atoms in total. The number of aryl methyl sites for hydroxylation is 1. The Bertz CT molecular complexity index is 770. The van der Waals surface area contributed by atoms with E-state index in [4.69, 9.17) is 32.0 Å². The molecule has 0 radical (unpaired) electrons. The summed E-state index contributed by atoms with van der Waals surface area (Å²) >= 11 is 5.74. The van der Waals surface area contributed by atoms with Gasteiger partial charge in [0.2, 0.25) is 5.28 Å². The number of hydrogen-bond donors (Lipinski definition) is 2. The van der Waals surface area contributed by atoms with Crippen LogP contribution >= 0.6 is 11.6 Å². The maximum atomic E-state index is 11.8. The Labute approximate surface area is 115 Å². The number of aliphatic hydroxyl groups excluding tert-OH is 1. The monoisotopic (exact) mass is 307 g/mol.